The maximum absolute atomic E-state index is 12.4. The second-order valence-electron chi connectivity index (χ2n) is 8.81. The van der Waals surface area contributed by atoms with Crippen LogP contribution in [0.4, 0.5) is 0 Å². The molecule has 4 aromatic rings. The van der Waals surface area contributed by atoms with Crippen LogP contribution >= 0.6 is 11.6 Å². The van der Waals surface area contributed by atoms with Crippen LogP contribution in [-0.2, 0) is 24.2 Å². The highest BCUT2D eigenvalue weighted by Crippen LogP contribution is 2.23. The van der Waals surface area contributed by atoms with Crippen LogP contribution in [0.1, 0.15) is 35.4 Å². The molecule has 1 amide bonds. The van der Waals surface area contributed by atoms with E-state index in [1.807, 2.05) is 36.4 Å². The maximum Gasteiger partial charge on any atom is 0.224 e. The summed E-state index contributed by atoms with van der Waals surface area (Å²) in [4.78, 5) is 17.2. The van der Waals surface area contributed by atoms with E-state index >= 15 is 0 Å². The molecule has 35 heavy (non-hydrogen) atoms. The molecule has 0 spiro atoms. The highest BCUT2D eigenvalue weighted by Gasteiger charge is 2.12. The highest BCUT2D eigenvalue weighted by molar-refractivity contribution is 6.31. The van der Waals surface area contributed by atoms with Gasteiger partial charge in [-0.15, -0.1) is 0 Å². The molecule has 6 heteroatoms. The zero-order valence-electron chi connectivity index (χ0n) is 20.4. The normalized spacial score (nSPS) is 11.1. The van der Waals surface area contributed by atoms with Crippen molar-refractivity contribution >= 4 is 28.5 Å². The summed E-state index contributed by atoms with van der Waals surface area (Å²) < 4.78 is 8.34. The number of aryl methyl sites for hydroxylation is 3. The molecule has 1 aromatic heterocycles. The number of halogens is 1. The van der Waals surface area contributed by atoms with E-state index in [0.717, 1.165) is 47.6 Å². The smallest absolute Gasteiger partial charge is 0.224 e. The summed E-state index contributed by atoms with van der Waals surface area (Å²) in [5.41, 5.74) is 5.29. The van der Waals surface area contributed by atoms with Gasteiger partial charge in [0.25, 0.3) is 0 Å². The van der Waals surface area contributed by atoms with Crippen LogP contribution in [0.2, 0.25) is 5.02 Å². The molecule has 0 bridgehead atoms. The number of aromatic nitrogens is 2. The molecule has 0 aliphatic heterocycles. The fourth-order valence-electron chi connectivity index (χ4n) is 4.33. The van der Waals surface area contributed by atoms with Gasteiger partial charge in [-0.05, 0) is 61.6 Å². The van der Waals surface area contributed by atoms with Crippen molar-refractivity contribution in [2.75, 3.05) is 13.2 Å². The lowest BCUT2D eigenvalue weighted by atomic mass is 10.1. The van der Waals surface area contributed by atoms with Gasteiger partial charge in [0.15, 0.2) is 0 Å². The van der Waals surface area contributed by atoms with Crippen molar-refractivity contribution in [3.05, 3.63) is 94.3 Å². The average Bonchev–Trinajstić information content (AvgIpc) is 3.19. The molecule has 0 unspecified atom stereocenters. The number of nitrogens with zero attached hydrogens (tertiary/aromatic N) is 2. The van der Waals surface area contributed by atoms with Gasteiger partial charge in [0.05, 0.1) is 24.1 Å². The molecule has 0 fully saturated rings. The molecule has 182 valence electrons. The summed E-state index contributed by atoms with van der Waals surface area (Å²) in [6, 6.07) is 21.9. The molecule has 5 nitrogen and oxygen atoms in total. The van der Waals surface area contributed by atoms with Gasteiger partial charge in [-0.1, -0.05) is 60.1 Å². The summed E-state index contributed by atoms with van der Waals surface area (Å²) in [5, 5.41) is 3.63. The Bertz CT molecular complexity index is 1280. The SMILES string of the molecule is Cc1cccc(C)c1OCCCCn1c(CCNC(=O)Cc2ccccc2Cl)nc2ccccc21. The van der Waals surface area contributed by atoms with E-state index in [0.29, 0.717) is 24.6 Å². The summed E-state index contributed by atoms with van der Waals surface area (Å²) in [7, 11) is 0. The second-order valence-corrected chi connectivity index (χ2v) is 9.22. The number of fused-ring (bicyclic) bond motifs is 1. The molecule has 0 saturated heterocycles. The topological polar surface area (TPSA) is 56.1 Å². The van der Waals surface area contributed by atoms with Gasteiger partial charge in [0, 0.05) is 24.5 Å². The van der Waals surface area contributed by atoms with Crippen LogP contribution in [0.5, 0.6) is 5.75 Å². The van der Waals surface area contributed by atoms with Gasteiger partial charge in [0.2, 0.25) is 5.91 Å². The first-order valence-corrected chi connectivity index (χ1v) is 12.5. The zero-order valence-corrected chi connectivity index (χ0v) is 21.1. The van der Waals surface area contributed by atoms with E-state index in [4.69, 9.17) is 21.3 Å². The average molecular weight is 490 g/mol. The number of carbonyl (C=O) groups is 1. The van der Waals surface area contributed by atoms with Gasteiger partial charge in [-0.2, -0.15) is 0 Å². The van der Waals surface area contributed by atoms with E-state index in [2.05, 4.69) is 48.0 Å². The van der Waals surface area contributed by atoms with Crippen molar-refractivity contribution in [3.8, 4) is 5.75 Å². The molecule has 1 N–H and O–H groups in total. The van der Waals surface area contributed by atoms with Crippen molar-refractivity contribution < 1.29 is 9.53 Å². The van der Waals surface area contributed by atoms with Crippen molar-refractivity contribution in [1.82, 2.24) is 14.9 Å². The van der Waals surface area contributed by atoms with E-state index in [-0.39, 0.29) is 12.3 Å². The minimum absolute atomic E-state index is 0.0376. The summed E-state index contributed by atoms with van der Waals surface area (Å²) >= 11 is 6.18. The third kappa shape index (κ3) is 6.43. The third-order valence-electron chi connectivity index (χ3n) is 6.14. The number of carbonyl (C=O) groups excluding carboxylic acids is 1. The number of hydrogen-bond donors (Lipinski definition) is 1. The van der Waals surface area contributed by atoms with Crippen LogP contribution in [0.3, 0.4) is 0 Å². The standard InChI is InChI=1S/C29H32ClN3O2/c1-21-10-9-11-22(2)29(21)35-19-8-7-18-33-26-15-6-5-14-25(26)32-27(33)16-17-31-28(34)20-23-12-3-4-13-24(23)30/h3-6,9-15H,7-8,16-20H2,1-2H3,(H,31,34). The van der Waals surface area contributed by atoms with Gasteiger partial charge >= 0.3 is 0 Å². The number of imidazole rings is 1. The van der Waals surface area contributed by atoms with Crippen molar-refractivity contribution in [2.24, 2.45) is 0 Å². The Morgan fingerprint density at radius 2 is 1.71 bits per heavy atom. The van der Waals surface area contributed by atoms with Crippen LogP contribution in [0.15, 0.2) is 66.7 Å². The highest BCUT2D eigenvalue weighted by atomic mass is 35.5. The van der Waals surface area contributed by atoms with Crippen LogP contribution in [0, 0.1) is 13.8 Å². The van der Waals surface area contributed by atoms with E-state index < -0.39 is 0 Å². The molecule has 4 rings (SSSR count). The van der Waals surface area contributed by atoms with Crippen molar-refractivity contribution in [1.29, 1.82) is 0 Å². The summed E-state index contributed by atoms with van der Waals surface area (Å²) in [6.07, 6.45) is 2.88. The summed E-state index contributed by atoms with van der Waals surface area (Å²) in [5.74, 6) is 1.94. The molecular weight excluding hydrogens is 458 g/mol. The number of para-hydroxylation sites is 3. The monoisotopic (exact) mass is 489 g/mol. The molecule has 3 aromatic carbocycles. The van der Waals surface area contributed by atoms with Gasteiger partial charge in [-0.25, -0.2) is 4.98 Å². The lowest BCUT2D eigenvalue weighted by Crippen LogP contribution is -2.28. The lowest BCUT2D eigenvalue weighted by Gasteiger charge is -2.13. The van der Waals surface area contributed by atoms with E-state index in [1.54, 1.807) is 6.07 Å². The van der Waals surface area contributed by atoms with Crippen LogP contribution in [-0.4, -0.2) is 28.6 Å². The minimum atomic E-state index is -0.0376. The molecule has 0 aliphatic carbocycles. The van der Waals surface area contributed by atoms with Crippen LogP contribution < -0.4 is 10.1 Å². The zero-order chi connectivity index (χ0) is 24.6. The fourth-order valence-corrected chi connectivity index (χ4v) is 4.53. The Labute approximate surface area is 212 Å². The first kappa shape index (κ1) is 24.8. The Morgan fingerprint density at radius 1 is 0.971 bits per heavy atom. The number of amides is 1. The number of ether oxygens (including phenoxy) is 1. The van der Waals surface area contributed by atoms with Crippen molar-refractivity contribution in [2.45, 2.75) is 46.1 Å². The lowest BCUT2D eigenvalue weighted by molar-refractivity contribution is -0.120. The maximum atomic E-state index is 12.4. The molecular formula is C29H32ClN3O2. The quantitative estimate of drug-likeness (QED) is 0.260. The molecule has 0 atom stereocenters. The number of hydrogen-bond acceptors (Lipinski definition) is 3. The van der Waals surface area contributed by atoms with E-state index in [9.17, 15) is 4.79 Å². The number of rotatable bonds is 11. The first-order valence-electron chi connectivity index (χ1n) is 12.2. The van der Waals surface area contributed by atoms with Gasteiger partial charge < -0.3 is 14.6 Å². The molecule has 0 saturated carbocycles. The first-order chi connectivity index (χ1) is 17.0. The van der Waals surface area contributed by atoms with E-state index in [1.165, 1.54) is 11.1 Å². The Hall–Kier alpha value is -3.31. The predicted molar refractivity (Wildman–Crippen MR) is 142 cm³/mol. The van der Waals surface area contributed by atoms with Crippen molar-refractivity contribution in [3.63, 3.8) is 0 Å². The number of nitrogens with one attached hydrogen (secondary N) is 1. The van der Waals surface area contributed by atoms with Gasteiger partial charge in [-0.3, -0.25) is 4.79 Å². The second kappa shape index (κ2) is 11.9. The molecule has 0 aliphatic rings. The Kier molecular flexibility index (Phi) is 8.43. The number of benzene rings is 3. The largest absolute Gasteiger partial charge is 0.493 e. The summed E-state index contributed by atoms with van der Waals surface area (Å²) in [6.45, 7) is 6.24. The van der Waals surface area contributed by atoms with Gasteiger partial charge in [0.1, 0.15) is 11.6 Å². The molecule has 1 heterocycles. The predicted octanol–water partition coefficient (Wildman–Crippen LogP) is 6.07. The molecule has 0 radical (unpaired) electrons. The third-order valence-corrected chi connectivity index (χ3v) is 6.51. The Morgan fingerprint density at radius 3 is 2.51 bits per heavy atom. The fraction of sp³-hybridized carbons (Fsp3) is 0.310. The Balaban J connectivity index is 1.32. The minimum Gasteiger partial charge on any atom is -0.493 e. The van der Waals surface area contributed by atoms with Crippen LogP contribution in [0.25, 0.3) is 11.0 Å². The number of unbranched alkanes of at least 4 members (excludes halogenated alkanes) is 1.